The van der Waals surface area contributed by atoms with E-state index in [0.29, 0.717) is 160 Å². The van der Waals surface area contributed by atoms with Gasteiger partial charge >= 0.3 is 0 Å². The van der Waals surface area contributed by atoms with Gasteiger partial charge in [0.25, 0.3) is 6.43 Å². The average molecular weight is 2000 g/mol. The van der Waals surface area contributed by atoms with Crippen molar-refractivity contribution < 1.29 is 67.4 Å². The standard InChI is InChI=1S/C26H38O2S.C23H33ClO2S.C23H38O3S.C22H34F2O2S.C22H35FO2S/c1-25-12-10-20-19-11-14-26(28,13-9-17-3-4-17)15-18(19)5-6-21(20)22(25)7-8-23(25)24(27)16-29-2;1-22-9-7-17-16-8-10-23(26,11-12-24)13-15(16)3-4-18(17)19(22)5-6-20(22)21(25)14-27-2;1-22-10-8-17-16-9-11-23(25,14-26-2)12-15(16)4-5-18(17)19(22)6-7-20(22)21(24)13-27-3;1-21-9-7-15-14-8-10-22(26,20(23)24)11-13(14)3-4-16(15)17(21)5-6-18(21)19(25)12-27-2;1-21-9-7-16-15-8-10-22(25,13-23)11-14(15)3-4-17(16)18(21)5-6-19(21)20(24)12-26-2/h17-23,28H,3-8,10-12,14-16H2,1-2H3;15-20,26H,3-10,13-14H2,1-2H3;15-20,25H,4-14H2,1-3H3;13-18,20,26H,3-12H2,1-2H3;14-19,25H,3-13H2,1-2H3/t18-,19+,20-,21-,22+,23-,25+,26-;15-,16+,17-,18-,19+,20-,22+,23+;15-,16+,17-,18-,19+,20-,22+,23-;13-,14+,15-,16-,17+,18-,21+,22-;14-,15+,16-,17-,18+,19-,21+,22-/m11111/s1. The van der Waals surface area contributed by atoms with E-state index in [9.17, 15) is 62.7 Å². The molecule has 0 aromatic rings. The molecular formula is C116H178ClF3O11S5. The molecule has 0 radical (unpaired) electrons. The number of methoxy groups -OCH3 is 1. The number of hydrogen-bond acceptors (Lipinski definition) is 16. The predicted molar refractivity (Wildman–Crippen MR) is 553 cm³/mol. The van der Waals surface area contributed by atoms with E-state index in [1.165, 1.54) is 154 Å². The van der Waals surface area contributed by atoms with Crippen LogP contribution >= 0.6 is 70.4 Å². The lowest BCUT2D eigenvalue weighted by molar-refractivity contribution is -0.160. The van der Waals surface area contributed by atoms with Gasteiger partial charge < -0.3 is 30.3 Å². The van der Waals surface area contributed by atoms with Crippen LogP contribution in [0.3, 0.4) is 0 Å². The van der Waals surface area contributed by atoms with Crippen molar-refractivity contribution in [2.75, 3.05) is 80.4 Å². The molecule has 0 heterocycles. The van der Waals surface area contributed by atoms with Crippen LogP contribution in [0, 0.1) is 234 Å². The largest absolute Gasteiger partial charge is 0.387 e. The van der Waals surface area contributed by atoms with Crippen LogP contribution in [0.2, 0.25) is 0 Å². The summed E-state index contributed by atoms with van der Waals surface area (Å²) in [6.07, 6.45) is 58.5. The molecule has 0 bridgehead atoms. The second-order valence-corrected chi connectivity index (χ2v) is 56.5. The van der Waals surface area contributed by atoms with Crippen LogP contribution in [-0.2, 0) is 28.7 Å². The number of fused-ring (bicyclic) bond motifs is 25. The number of ether oxygens (including phenoxy) is 1. The SMILES string of the molecule is COC[C@@]1(O)CC[C@H]2[C@H](CC[C@@H]3[C@@H]2CC[C@]2(C)[C@@H](C(=O)CSC)CC[C@@H]32)C1.CSCC(=O)[C@H]1CC[C@H]2[C@@H]3CC[C@@H]4C[C@@](O)(C#CC5CC5)CC[C@@H]4[C@H]3CC[C@]12C.CSCC(=O)[C@H]1CC[C@H]2[C@@H]3CC[C@@H]4C[C@@](O)(C#CCl)CC[C@@H]4[C@H]3CC[C@]12C.CSCC(=O)[C@H]1CC[C@H]2[C@@H]3CC[C@@H]4C[C@@](O)(C(F)F)CC[C@@H]4[C@H]3CC[C@]12C.CSCC(=O)[C@H]1CC[C@H]2[C@@H]3CC[C@@H]4C[C@@](O)(CF)CC[C@@H]4[C@H]3CC[C@]12C. The predicted octanol–water partition coefficient (Wildman–Crippen LogP) is 25.1. The number of carbonyl (C=O) groups is 5. The molecule has 0 unspecified atom stereocenters. The van der Waals surface area contributed by atoms with Crippen LogP contribution in [0.1, 0.15) is 336 Å². The Morgan fingerprint density at radius 3 is 0.868 bits per heavy atom. The highest BCUT2D eigenvalue weighted by Gasteiger charge is 2.67. The molecule has 0 saturated heterocycles. The van der Waals surface area contributed by atoms with Crippen molar-refractivity contribution >= 4 is 99.3 Å². The van der Waals surface area contributed by atoms with E-state index in [4.69, 9.17) is 16.3 Å². The Kier molecular flexibility index (Phi) is 33.9. The molecule has 136 heavy (non-hydrogen) atoms. The van der Waals surface area contributed by atoms with Crippen LogP contribution in [0.5, 0.6) is 0 Å². The molecule has 21 saturated carbocycles. The van der Waals surface area contributed by atoms with Gasteiger partial charge in [0.1, 0.15) is 52.4 Å². The van der Waals surface area contributed by atoms with Crippen molar-refractivity contribution in [2.45, 2.75) is 371 Å². The van der Waals surface area contributed by atoms with Gasteiger partial charge in [0.2, 0.25) is 0 Å². The highest BCUT2D eigenvalue weighted by Crippen LogP contribution is 2.72. The Morgan fingerprint density at radius 2 is 0.588 bits per heavy atom. The first-order chi connectivity index (χ1) is 65.0. The normalized spacial score (nSPS) is 49.3. The highest BCUT2D eigenvalue weighted by atomic mass is 35.5. The van der Waals surface area contributed by atoms with Crippen molar-refractivity contribution in [2.24, 2.45) is 211 Å². The van der Waals surface area contributed by atoms with Crippen LogP contribution in [0.4, 0.5) is 13.2 Å². The van der Waals surface area contributed by atoms with E-state index in [-0.39, 0.29) is 57.7 Å². The zero-order chi connectivity index (χ0) is 96.6. The summed E-state index contributed by atoms with van der Waals surface area (Å²) in [5, 5.41) is 55.9. The van der Waals surface area contributed by atoms with Crippen LogP contribution < -0.4 is 0 Å². The van der Waals surface area contributed by atoms with Gasteiger partial charge in [-0.2, -0.15) is 58.8 Å². The lowest BCUT2D eigenvalue weighted by Gasteiger charge is -2.57. The van der Waals surface area contributed by atoms with Crippen molar-refractivity contribution in [3.8, 4) is 23.1 Å². The fraction of sp³-hybridized carbons (Fsp3) is 0.922. The number of carbonyl (C=O) groups excluding carboxylic acids is 5. The van der Waals surface area contributed by atoms with E-state index >= 15 is 0 Å². The number of Topliss-reactive ketones (excluding diaryl/α,β-unsaturated/α-hetero) is 5. The van der Waals surface area contributed by atoms with E-state index in [2.05, 4.69) is 70.3 Å². The van der Waals surface area contributed by atoms with E-state index < -0.39 is 41.1 Å². The molecule has 11 nitrogen and oxygen atoms in total. The summed E-state index contributed by atoms with van der Waals surface area (Å²) >= 11 is 14.0. The fourth-order valence-electron chi connectivity index (χ4n) is 39.9. The number of ketones is 5. The minimum absolute atomic E-state index is 0.152. The molecule has 0 amide bonds. The molecule has 21 rings (SSSR count). The minimum Gasteiger partial charge on any atom is -0.387 e. The zero-order valence-corrected chi connectivity index (χ0v) is 90.2. The monoisotopic (exact) mass is 2000 g/mol. The van der Waals surface area contributed by atoms with Crippen molar-refractivity contribution in [3.05, 3.63) is 0 Å². The van der Waals surface area contributed by atoms with Crippen molar-refractivity contribution in [1.82, 2.24) is 0 Å². The number of aliphatic hydroxyl groups is 5. The van der Waals surface area contributed by atoms with Crippen LogP contribution in [0.15, 0.2) is 0 Å². The van der Waals surface area contributed by atoms with Gasteiger partial charge in [-0.3, -0.25) is 24.0 Å². The van der Waals surface area contributed by atoms with Gasteiger partial charge in [-0.15, -0.1) is 0 Å². The molecule has 40 atom stereocenters. The third kappa shape index (κ3) is 20.7. The van der Waals surface area contributed by atoms with Gasteiger partial charge in [0.05, 0.1) is 46.6 Å². The molecule has 21 fully saturated rings. The second kappa shape index (κ2) is 43.3. The van der Waals surface area contributed by atoms with Gasteiger partial charge in [-0.25, -0.2) is 13.2 Å². The van der Waals surface area contributed by atoms with Gasteiger partial charge in [0, 0.05) is 48.0 Å². The maximum absolute atomic E-state index is 13.3. The summed E-state index contributed by atoms with van der Waals surface area (Å²) in [7, 11) is 1.71. The molecule has 0 spiro atoms. The summed E-state index contributed by atoms with van der Waals surface area (Å²) in [6, 6.07) is 0. The lowest BCUT2D eigenvalue weighted by atomic mass is 9.49. The Balaban J connectivity index is 0.000000118. The number of alkyl halides is 3. The van der Waals surface area contributed by atoms with Crippen molar-refractivity contribution in [3.63, 3.8) is 0 Å². The summed E-state index contributed by atoms with van der Waals surface area (Å²) in [4.78, 5) is 63.8. The maximum atomic E-state index is 13.3. The van der Waals surface area contributed by atoms with Crippen LogP contribution in [0.25, 0.3) is 0 Å². The first-order valence-corrected chi connectivity index (χ1v) is 63.0. The number of halogens is 4. The third-order valence-corrected chi connectivity index (χ3v) is 49.0. The fourth-order valence-corrected chi connectivity index (χ4v) is 42.6. The third-order valence-electron chi connectivity index (χ3n) is 46.1. The molecule has 766 valence electrons. The zero-order valence-electron chi connectivity index (χ0n) is 85.4. The van der Waals surface area contributed by atoms with E-state index in [0.717, 1.165) is 205 Å². The van der Waals surface area contributed by atoms with Gasteiger partial charge in [-0.1, -0.05) is 52.4 Å². The molecule has 20 heteroatoms. The first kappa shape index (κ1) is 106. The maximum Gasteiger partial charge on any atom is 0.266 e. The summed E-state index contributed by atoms with van der Waals surface area (Å²) in [6.45, 7) is 12.0. The van der Waals surface area contributed by atoms with Crippen LogP contribution in [-0.4, -0.2) is 169 Å². The molecule has 5 N–H and O–H groups in total. The summed E-state index contributed by atoms with van der Waals surface area (Å²) in [5.41, 5.74) is -3.83. The summed E-state index contributed by atoms with van der Waals surface area (Å²) < 4.78 is 45.2. The molecule has 0 aromatic carbocycles. The average Bonchev–Trinajstić information content (AvgIpc) is 1.66. The Morgan fingerprint density at radius 1 is 0.324 bits per heavy atom. The Labute approximate surface area is 845 Å². The number of thioether (sulfide) groups is 5. The van der Waals surface area contributed by atoms with Crippen molar-refractivity contribution in [1.29, 1.82) is 0 Å². The number of hydrogen-bond donors (Lipinski definition) is 5. The minimum atomic E-state index is -2.62. The molecule has 0 aliphatic heterocycles. The smallest absolute Gasteiger partial charge is 0.266 e. The van der Waals surface area contributed by atoms with E-state index in [1.54, 1.807) is 65.9 Å². The second-order valence-electron chi connectivity index (χ2n) is 52.0. The Bertz CT molecular complexity index is 4310. The lowest BCUT2D eigenvalue weighted by Crippen LogP contribution is -2.53. The molecule has 0 aromatic heterocycles. The first-order valence-electron chi connectivity index (χ1n) is 55.7. The highest BCUT2D eigenvalue weighted by molar-refractivity contribution is 8.00. The molecule has 21 aliphatic rings. The quantitative estimate of drug-likeness (QED) is 0.0766. The molecular weight excluding hydrogens is 1820 g/mol. The summed E-state index contributed by atoms with van der Waals surface area (Å²) in [5.74, 6) is 34.9. The topological polar surface area (TPSA) is 196 Å². The molecule has 21 aliphatic carbocycles. The number of rotatable bonds is 19. The van der Waals surface area contributed by atoms with Gasteiger partial charge in [0.15, 0.2) is 0 Å². The van der Waals surface area contributed by atoms with Gasteiger partial charge in [-0.05, 0) is 520 Å². The Hall–Kier alpha value is -0.940. The van der Waals surface area contributed by atoms with E-state index in [1.807, 2.05) is 18.8 Å².